The van der Waals surface area contributed by atoms with Crippen LogP contribution in [0.5, 0.6) is 0 Å². The highest BCUT2D eigenvalue weighted by atomic mass is 32.1. The number of anilines is 2. The number of hydrogen-bond donors (Lipinski definition) is 2. The maximum Gasteiger partial charge on any atom is 0.433 e. The van der Waals surface area contributed by atoms with Crippen LogP contribution in [0.3, 0.4) is 0 Å². The molecule has 1 saturated heterocycles. The van der Waals surface area contributed by atoms with Gasteiger partial charge in [0.15, 0.2) is 0 Å². The minimum atomic E-state index is -4.57. The maximum atomic E-state index is 13.0. The highest BCUT2D eigenvalue weighted by Gasteiger charge is 2.43. The van der Waals surface area contributed by atoms with Crippen LogP contribution in [0.4, 0.5) is 29.6 Å². The van der Waals surface area contributed by atoms with E-state index in [9.17, 15) is 23.1 Å². The quantitative estimate of drug-likeness (QED) is 0.468. The summed E-state index contributed by atoms with van der Waals surface area (Å²) in [5.41, 5.74) is -0.842. The fourth-order valence-electron chi connectivity index (χ4n) is 3.78. The summed E-state index contributed by atoms with van der Waals surface area (Å²) in [6, 6.07) is 6.22. The molecule has 12 heteroatoms. The topological polar surface area (TPSA) is 100 Å². The Morgan fingerprint density at radius 2 is 1.97 bits per heavy atom. The fraction of sp³-hybridized carbons (Fsp3) is 0.417. The standard InChI is InChI=1S/C24H26F3N5O3S/c1-14-9-15(11-16(10-14)30-20-28-7-5-18(31-20)24(25,26)27)17-12-29-19(36-17)23(34)6-8-32(13-23)21(33)35-22(2,3)4/h5,7,9-12,34H,6,8,13H2,1-4H3,(H,28,30,31). The molecular formula is C24H26F3N5O3S. The second-order valence-corrected chi connectivity index (χ2v) is 10.7. The number of halogens is 3. The zero-order valence-corrected chi connectivity index (χ0v) is 21.0. The van der Waals surface area contributed by atoms with Crippen molar-refractivity contribution in [2.24, 2.45) is 0 Å². The van der Waals surface area contributed by atoms with Gasteiger partial charge in [-0.3, -0.25) is 0 Å². The molecule has 0 radical (unpaired) electrons. The smallest absolute Gasteiger partial charge is 0.433 e. The van der Waals surface area contributed by atoms with Crippen molar-refractivity contribution in [2.45, 2.75) is 51.5 Å². The summed E-state index contributed by atoms with van der Waals surface area (Å²) in [6.45, 7) is 7.62. The van der Waals surface area contributed by atoms with E-state index in [1.165, 1.54) is 16.2 Å². The molecule has 0 bridgehead atoms. The maximum absolute atomic E-state index is 13.0. The molecule has 1 aliphatic rings. The van der Waals surface area contributed by atoms with Crippen molar-refractivity contribution >= 4 is 29.1 Å². The van der Waals surface area contributed by atoms with Crippen LogP contribution in [-0.4, -0.2) is 49.7 Å². The Kier molecular flexibility index (Phi) is 6.69. The number of β-amino-alcohol motifs (C(OH)–C–C–N with tert-alkyl or cyclic N) is 1. The van der Waals surface area contributed by atoms with Gasteiger partial charge in [-0.2, -0.15) is 13.2 Å². The number of benzene rings is 1. The van der Waals surface area contributed by atoms with E-state index in [2.05, 4.69) is 20.3 Å². The van der Waals surface area contributed by atoms with Crippen LogP contribution in [0.15, 0.2) is 36.7 Å². The van der Waals surface area contributed by atoms with Crippen molar-refractivity contribution < 1.29 is 27.8 Å². The molecule has 36 heavy (non-hydrogen) atoms. The molecule has 8 nitrogen and oxygen atoms in total. The van der Waals surface area contributed by atoms with Gasteiger partial charge in [-0.1, -0.05) is 6.07 Å². The molecule has 2 N–H and O–H groups in total. The van der Waals surface area contributed by atoms with E-state index in [0.29, 0.717) is 23.7 Å². The van der Waals surface area contributed by atoms with E-state index in [1.54, 1.807) is 39.1 Å². The third-order valence-corrected chi connectivity index (χ3v) is 6.61. The van der Waals surface area contributed by atoms with Crippen LogP contribution < -0.4 is 5.32 Å². The van der Waals surface area contributed by atoms with E-state index in [-0.39, 0.29) is 12.5 Å². The van der Waals surface area contributed by atoms with E-state index < -0.39 is 29.2 Å². The molecule has 1 aliphatic heterocycles. The lowest BCUT2D eigenvalue weighted by Crippen LogP contribution is -2.38. The van der Waals surface area contributed by atoms with Gasteiger partial charge in [-0.05, 0) is 57.0 Å². The first-order chi connectivity index (χ1) is 16.7. The largest absolute Gasteiger partial charge is 0.444 e. The molecule has 2 aromatic heterocycles. The van der Waals surface area contributed by atoms with Crippen molar-refractivity contribution in [3.05, 3.63) is 52.9 Å². The highest BCUT2D eigenvalue weighted by Crippen LogP contribution is 2.39. The lowest BCUT2D eigenvalue weighted by Gasteiger charge is -2.25. The van der Waals surface area contributed by atoms with Gasteiger partial charge < -0.3 is 20.1 Å². The molecule has 1 amide bonds. The van der Waals surface area contributed by atoms with Crippen molar-refractivity contribution in [1.82, 2.24) is 19.9 Å². The number of rotatable bonds is 4. The number of nitrogens with zero attached hydrogens (tertiary/aromatic N) is 4. The Hall–Kier alpha value is -3.25. The minimum absolute atomic E-state index is 0.0718. The van der Waals surface area contributed by atoms with Gasteiger partial charge in [0.1, 0.15) is 21.9 Å². The normalized spacial score (nSPS) is 18.4. The number of carbonyl (C=O) groups is 1. The first-order valence-corrected chi connectivity index (χ1v) is 12.0. The van der Waals surface area contributed by atoms with Crippen molar-refractivity contribution in [2.75, 3.05) is 18.4 Å². The van der Waals surface area contributed by atoms with Crippen molar-refractivity contribution in [1.29, 1.82) is 0 Å². The molecule has 0 aliphatic carbocycles. The Bertz CT molecular complexity index is 1270. The Labute approximate surface area is 210 Å². The number of aliphatic hydroxyl groups is 1. The van der Waals surface area contributed by atoms with Gasteiger partial charge in [0.25, 0.3) is 0 Å². The SMILES string of the molecule is Cc1cc(Nc2nccc(C(F)(F)F)n2)cc(-c2cnc(C3(O)CCN(C(=O)OC(C)(C)C)C3)s2)c1. The summed E-state index contributed by atoms with van der Waals surface area (Å²) in [5, 5.41) is 14.5. The van der Waals surface area contributed by atoms with Crippen molar-refractivity contribution in [3.63, 3.8) is 0 Å². The molecule has 3 heterocycles. The Morgan fingerprint density at radius 1 is 1.22 bits per heavy atom. The van der Waals surface area contributed by atoms with Crippen molar-refractivity contribution in [3.8, 4) is 10.4 Å². The number of amides is 1. The van der Waals surface area contributed by atoms with Crippen LogP contribution in [0.2, 0.25) is 0 Å². The van der Waals surface area contributed by atoms with E-state index in [0.717, 1.165) is 28.3 Å². The molecule has 1 unspecified atom stereocenters. The number of nitrogens with one attached hydrogen (secondary N) is 1. The second-order valence-electron chi connectivity index (χ2n) is 9.69. The first kappa shape index (κ1) is 25.8. The third-order valence-electron chi connectivity index (χ3n) is 5.37. The van der Waals surface area contributed by atoms with E-state index in [4.69, 9.17) is 4.74 Å². The predicted molar refractivity (Wildman–Crippen MR) is 129 cm³/mol. The number of aromatic nitrogens is 3. The number of carbonyl (C=O) groups excluding carboxylic acids is 1. The number of thiazole rings is 1. The zero-order chi connectivity index (χ0) is 26.3. The molecular weight excluding hydrogens is 495 g/mol. The van der Waals surface area contributed by atoms with Crippen LogP contribution in [0.25, 0.3) is 10.4 Å². The number of likely N-dealkylation sites (tertiary alicyclic amines) is 1. The summed E-state index contributed by atoms with van der Waals surface area (Å²) in [6.07, 6.45) is -2.05. The summed E-state index contributed by atoms with van der Waals surface area (Å²) >= 11 is 1.29. The van der Waals surface area contributed by atoms with E-state index in [1.807, 2.05) is 13.0 Å². The molecule has 0 saturated carbocycles. The molecule has 0 spiro atoms. The summed E-state index contributed by atoms with van der Waals surface area (Å²) in [4.78, 5) is 26.5. The fourth-order valence-corrected chi connectivity index (χ4v) is 4.79. The minimum Gasteiger partial charge on any atom is -0.444 e. The van der Waals surface area contributed by atoms with Gasteiger partial charge in [0.2, 0.25) is 5.95 Å². The Morgan fingerprint density at radius 3 is 2.67 bits per heavy atom. The first-order valence-electron chi connectivity index (χ1n) is 11.2. The third kappa shape index (κ3) is 5.93. The molecule has 4 rings (SSSR count). The van der Waals surface area contributed by atoms with E-state index >= 15 is 0 Å². The molecule has 1 aromatic carbocycles. The van der Waals surface area contributed by atoms with Gasteiger partial charge in [-0.15, -0.1) is 11.3 Å². The molecule has 1 atom stereocenters. The molecule has 192 valence electrons. The highest BCUT2D eigenvalue weighted by molar-refractivity contribution is 7.15. The van der Waals surface area contributed by atoms with Gasteiger partial charge in [0.05, 0.1) is 11.4 Å². The molecule has 3 aromatic rings. The van der Waals surface area contributed by atoms with Gasteiger partial charge >= 0.3 is 12.3 Å². The predicted octanol–water partition coefficient (Wildman–Crippen LogP) is 5.50. The number of hydrogen-bond acceptors (Lipinski definition) is 8. The summed E-state index contributed by atoms with van der Waals surface area (Å²) in [7, 11) is 0. The lowest BCUT2D eigenvalue weighted by molar-refractivity contribution is -0.141. The lowest BCUT2D eigenvalue weighted by atomic mass is 10.1. The number of aryl methyl sites for hydroxylation is 1. The summed E-state index contributed by atoms with van der Waals surface area (Å²) in [5.74, 6) is -0.172. The monoisotopic (exact) mass is 521 g/mol. The second kappa shape index (κ2) is 9.32. The number of alkyl halides is 3. The number of ether oxygens (including phenoxy) is 1. The average molecular weight is 522 g/mol. The molecule has 1 fully saturated rings. The van der Waals surface area contributed by atoms with Crippen LogP contribution >= 0.6 is 11.3 Å². The summed E-state index contributed by atoms with van der Waals surface area (Å²) < 4.78 is 44.4. The average Bonchev–Trinajstić information content (AvgIpc) is 3.40. The van der Waals surface area contributed by atoms with Crippen LogP contribution in [0, 0.1) is 6.92 Å². The van der Waals surface area contributed by atoms with Gasteiger partial charge in [0, 0.05) is 31.0 Å². The Balaban J connectivity index is 1.53. The zero-order valence-electron chi connectivity index (χ0n) is 20.2. The van der Waals surface area contributed by atoms with Gasteiger partial charge in [-0.25, -0.2) is 19.7 Å². The van der Waals surface area contributed by atoms with Crippen LogP contribution in [0.1, 0.15) is 43.5 Å². The van der Waals surface area contributed by atoms with Crippen LogP contribution in [-0.2, 0) is 16.5 Å².